The van der Waals surface area contributed by atoms with Crippen LogP contribution in [0.2, 0.25) is 0 Å². The predicted molar refractivity (Wildman–Crippen MR) is 79.8 cm³/mol. The normalized spacial score (nSPS) is 13.4. The number of sulfonamides is 1. The highest BCUT2D eigenvalue weighted by molar-refractivity contribution is 7.89. The van der Waals surface area contributed by atoms with E-state index in [1.54, 1.807) is 19.1 Å². The number of alkyl halides is 1. The van der Waals surface area contributed by atoms with Crippen molar-refractivity contribution in [1.82, 2.24) is 4.31 Å². The number of methoxy groups -OCH3 is 1. The fourth-order valence-corrected chi connectivity index (χ4v) is 3.38. The third-order valence-electron chi connectivity index (χ3n) is 2.88. The van der Waals surface area contributed by atoms with E-state index < -0.39 is 10.0 Å². The molecule has 0 saturated heterocycles. The van der Waals surface area contributed by atoms with Crippen LogP contribution in [-0.4, -0.2) is 43.6 Å². The Kier molecular flexibility index (Phi) is 6.10. The topological polar surface area (TPSA) is 66.8 Å². The van der Waals surface area contributed by atoms with E-state index in [0.29, 0.717) is 11.6 Å². The maximum Gasteiger partial charge on any atom is 0.214 e. The van der Waals surface area contributed by atoms with Gasteiger partial charge >= 0.3 is 0 Å². The van der Waals surface area contributed by atoms with E-state index in [9.17, 15) is 13.5 Å². The Hall–Kier alpha value is -0.980. The van der Waals surface area contributed by atoms with Gasteiger partial charge in [0, 0.05) is 19.5 Å². The van der Waals surface area contributed by atoms with Crippen LogP contribution >= 0.6 is 11.6 Å². The van der Waals surface area contributed by atoms with Crippen LogP contribution in [0.5, 0.6) is 11.5 Å². The number of ether oxygens (including phenoxy) is 1. The molecule has 0 amide bonds. The van der Waals surface area contributed by atoms with Gasteiger partial charge in [-0.25, -0.2) is 12.7 Å². The second-order valence-corrected chi connectivity index (χ2v) is 7.23. The molecule has 0 aliphatic heterocycles. The second-order valence-electron chi connectivity index (χ2n) is 4.80. The van der Waals surface area contributed by atoms with Gasteiger partial charge in [0.05, 0.1) is 12.9 Å². The SMILES string of the molecule is COc1cc(CN(C)S(=O)(=O)CC(C)CCl)ccc1O. The Morgan fingerprint density at radius 2 is 2.10 bits per heavy atom. The van der Waals surface area contributed by atoms with Crippen LogP contribution in [0.1, 0.15) is 12.5 Å². The van der Waals surface area contributed by atoms with Crippen LogP contribution in [-0.2, 0) is 16.6 Å². The van der Waals surface area contributed by atoms with Gasteiger partial charge in [-0.15, -0.1) is 11.6 Å². The summed E-state index contributed by atoms with van der Waals surface area (Å²) in [5.74, 6) is 0.570. The van der Waals surface area contributed by atoms with E-state index in [1.165, 1.54) is 24.5 Å². The highest BCUT2D eigenvalue weighted by Crippen LogP contribution is 2.27. The number of phenols is 1. The number of benzene rings is 1. The molecule has 0 aliphatic carbocycles. The highest BCUT2D eigenvalue weighted by atomic mass is 35.5. The summed E-state index contributed by atoms with van der Waals surface area (Å²) in [4.78, 5) is 0. The zero-order valence-corrected chi connectivity index (χ0v) is 13.4. The average Bonchev–Trinajstić information content (AvgIpc) is 2.40. The molecule has 5 nitrogen and oxygen atoms in total. The van der Waals surface area contributed by atoms with Gasteiger partial charge in [0.25, 0.3) is 0 Å². The van der Waals surface area contributed by atoms with Crippen LogP contribution in [0.15, 0.2) is 18.2 Å². The summed E-state index contributed by atoms with van der Waals surface area (Å²) in [5, 5.41) is 9.51. The van der Waals surface area contributed by atoms with E-state index in [0.717, 1.165) is 5.56 Å². The molecular weight excluding hydrogens is 302 g/mol. The van der Waals surface area contributed by atoms with Crippen LogP contribution in [0.25, 0.3) is 0 Å². The molecule has 0 saturated carbocycles. The lowest BCUT2D eigenvalue weighted by Gasteiger charge is -2.19. The smallest absolute Gasteiger partial charge is 0.214 e. The number of hydrogen-bond donors (Lipinski definition) is 1. The van der Waals surface area contributed by atoms with Gasteiger partial charge in [-0.3, -0.25) is 0 Å². The van der Waals surface area contributed by atoms with E-state index >= 15 is 0 Å². The molecule has 1 rings (SSSR count). The molecular formula is C13H20ClNO4S. The number of halogens is 1. The van der Waals surface area contributed by atoms with Crippen molar-refractivity contribution in [3.63, 3.8) is 0 Å². The van der Waals surface area contributed by atoms with Crippen molar-refractivity contribution in [3.05, 3.63) is 23.8 Å². The molecule has 0 bridgehead atoms. The van der Waals surface area contributed by atoms with Gasteiger partial charge in [0.2, 0.25) is 10.0 Å². The largest absolute Gasteiger partial charge is 0.504 e. The second kappa shape index (κ2) is 7.15. The maximum absolute atomic E-state index is 12.1. The van der Waals surface area contributed by atoms with Crippen molar-refractivity contribution >= 4 is 21.6 Å². The van der Waals surface area contributed by atoms with Crippen LogP contribution in [0.4, 0.5) is 0 Å². The molecule has 0 spiro atoms. The molecule has 7 heteroatoms. The Labute approximate surface area is 125 Å². The average molecular weight is 322 g/mol. The number of phenolic OH excluding ortho intramolecular Hbond substituents is 1. The number of aromatic hydroxyl groups is 1. The fraction of sp³-hybridized carbons (Fsp3) is 0.538. The minimum Gasteiger partial charge on any atom is -0.504 e. The third kappa shape index (κ3) is 4.54. The summed E-state index contributed by atoms with van der Waals surface area (Å²) < 4.78 is 30.5. The van der Waals surface area contributed by atoms with Gasteiger partial charge in [0.15, 0.2) is 11.5 Å². The molecule has 1 atom stereocenters. The zero-order valence-electron chi connectivity index (χ0n) is 11.8. The van der Waals surface area contributed by atoms with Crippen molar-refractivity contribution in [2.45, 2.75) is 13.5 Å². The number of nitrogens with zero attached hydrogens (tertiary/aromatic N) is 1. The first-order valence-corrected chi connectivity index (χ1v) is 8.30. The predicted octanol–water partition coefficient (Wildman–Crippen LogP) is 2.04. The molecule has 0 aromatic heterocycles. The van der Waals surface area contributed by atoms with E-state index in [-0.39, 0.29) is 24.0 Å². The highest BCUT2D eigenvalue weighted by Gasteiger charge is 2.21. The lowest BCUT2D eigenvalue weighted by molar-refractivity contribution is 0.372. The molecule has 0 aliphatic rings. The van der Waals surface area contributed by atoms with E-state index in [1.807, 2.05) is 0 Å². The molecule has 1 aromatic rings. The van der Waals surface area contributed by atoms with Crippen molar-refractivity contribution < 1.29 is 18.3 Å². The Balaban J connectivity index is 2.82. The lowest BCUT2D eigenvalue weighted by atomic mass is 10.2. The minimum atomic E-state index is -3.35. The maximum atomic E-state index is 12.1. The lowest BCUT2D eigenvalue weighted by Crippen LogP contribution is -2.31. The standard InChI is InChI=1S/C13H20ClNO4S/c1-10(7-14)9-20(17,18)15(2)8-11-4-5-12(16)13(6-11)19-3/h4-6,10,16H,7-9H2,1-3H3. The summed E-state index contributed by atoms with van der Waals surface area (Å²) in [6, 6.07) is 4.76. The Morgan fingerprint density at radius 1 is 1.45 bits per heavy atom. The molecule has 1 aromatic carbocycles. The number of hydrogen-bond acceptors (Lipinski definition) is 4. The van der Waals surface area contributed by atoms with Gasteiger partial charge in [-0.2, -0.15) is 0 Å². The molecule has 114 valence electrons. The molecule has 1 N–H and O–H groups in total. The van der Waals surface area contributed by atoms with Crippen molar-refractivity contribution in [2.24, 2.45) is 5.92 Å². The molecule has 0 radical (unpaired) electrons. The quantitative estimate of drug-likeness (QED) is 0.780. The zero-order chi connectivity index (χ0) is 15.3. The minimum absolute atomic E-state index is 0.0161. The first-order valence-electron chi connectivity index (χ1n) is 6.16. The van der Waals surface area contributed by atoms with E-state index in [2.05, 4.69) is 0 Å². The van der Waals surface area contributed by atoms with Crippen molar-refractivity contribution in [3.8, 4) is 11.5 Å². The third-order valence-corrected chi connectivity index (χ3v) is 5.48. The van der Waals surface area contributed by atoms with Crippen LogP contribution in [0, 0.1) is 5.92 Å². The van der Waals surface area contributed by atoms with Crippen molar-refractivity contribution in [1.29, 1.82) is 0 Å². The molecule has 0 fully saturated rings. The molecule has 1 unspecified atom stereocenters. The first kappa shape index (κ1) is 17.1. The summed E-state index contributed by atoms with van der Waals surface area (Å²) in [7, 11) is -0.385. The Bertz CT molecular complexity index is 547. The monoisotopic (exact) mass is 321 g/mol. The number of rotatable bonds is 7. The van der Waals surface area contributed by atoms with Gasteiger partial charge in [-0.1, -0.05) is 13.0 Å². The van der Waals surface area contributed by atoms with Crippen molar-refractivity contribution in [2.75, 3.05) is 25.8 Å². The Morgan fingerprint density at radius 3 is 2.65 bits per heavy atom. The first-order chi connectivity index (χ1) is 9.30. The van der Waals surface area contributed by atoms with Gasteiger partial charge in [0.1, 0.15) is 0 Å². The summed E-state index contributed by atoms with van der Waals surface area (Å²) in [6.07, 6.45) is 0. The summed E-state index contributed by atoms with van der Waals surface area (Å²) >= 11 is 5.65. The van der Waals surface area contributed by atoms with Gasteiger partial charge < -0.3 is 9.84 Å². The molecule has 0 heterocycles. The fourth-order valence-electron chi connectivity index (χ4n) is 1.71. The summed E-state index contributed by atoms with van der Waals surface area (Å²) in [5.41, 5.74) is 0.740. The van der Waals surface area contributed by atoms with Crippen LogP contribution in [0.3, 0.4) is 0 Å². The van der Waals surface area contributed by atoms with Gasteiger partial charge in [-0.05, 0) is 23.6 Å². The van der Waals surface area contributed by atoms with E-state index in [4.69, 9.17) is 16.3 Å². The molecule has 20 heavy (non-hydrogen) atoms. The van der Waals surface area contributed by atoms with Crippen LogP contribution < -0.4 is 4.74 Å². The summed E-state index contributed by atoms with van der Waals surface area (Å²) in [6.45, 7) is 2.01.